The highest BCUT2D eigenvalue weighted by Gasteiger charge is 2.26. The molecule has 2 aliphatic rings. The zero-order valence-electron chi connectivity index (χ0n) is 20.6. The van der Waals surface area contributed by atoms with Crippen LogP contribution in [0.5, 0.6) is 0 Å². The van der Waals surface area contributed by atoms with Crippen molar-refractivity contribution in [1.29, 1.82) is 0 Å². The third kappa shape index (κ3) is 5.50. The van der Waals surface area contributed by atoms with Gasteiger partial charge in [0.1, 0.15) is 11.7 Å². The third-order valence-electron chi connectivity index (χ3n) is 6.73. The summed E-state index contributed by atoms with van der Waals surface area (Å²) in [5, 5.41) is 3.55. The minimum Gasteiger partial charge on any atom is -0.324 e. The molecule has 2 unspecified atom stereocenters. The summed E-state index contributed by atoms with van der Waals surface area (Å²) < 4.78 is 1.98. The van der Waals surface area contributed by atoms with Gasteiger partial charge >= 0.3 is 0 Å². The maximum absolute atomic E-state index is 5.18. The zero-order valence-corrected chi connectivity index (χ0v) is 23.7. The number of benzene rings is 4. The van der Waals surface area contributed by atoms with Crippen molar-refractivity contribution in [3.8, 4) is 11.1 Å². The SMILES string of the molecule is Brc1cc(Br)cc(C2=NC(C3C=C(c4ccccc4)C=CC3)N=C(c3cccc(-c4ccccc4)c3)N2)c1. The minimum atomic E-state index is -0.247. The maximum atomic E-state index is 5.18. The number of halogens is 2. The van der Waals surface area contributed by atoms with Crippen LogP contribution in [0.1, 0.15) is 23.1 Å². The number of hydrogen-bond donors (Lipinski definition) is 1. The van der Waals surface area contributed by atoms with E-state index >= 15 is 0 Å². The molecule has 4 aromatic carbocycles. The minimum absolute atomic E-state index is 0.148. The summed E-state index contributed by atoms with van der Waals surface area (Å²) in [5.41, 5.74) is 6.80. The van der Waals surface area contributed by atoms with E-state index in [9.17, 15) is 0 Å². The first-order valence-corrected chi connectivity index (χ1v) is 14.2. The van der Waals surface area contributed by atoms with E-state index < -0.39 is 0 Å². The highest BCUT2D eigenvalue weighted by Crippen LogP contribution is 2.31. The molecule has 4 aromatic rings. The Balaban J connectivity index is 1.41. The van der Waals surface area contributed by atoms with Crippen molar-refractivity contribution in [3.63, 3.8) is 0 Å². The Hall–Kier alpha value is -3.54. The Kier molecular flexibility index (Phi) is 7.21. The van der Waals surface area contributed by atoms with Gasteiger partial charge in [0, 0.05) is 26.0 Å². The number of allylic oxidation sites excluding steroid dienone is 3. The fourth-order valence-corrected chi connectivity index (χ4v) is 6.15. The fraction of sp³-hybridized carbons (Fsp3) is 0.0909. The van der Waals surface area contributed by atoms with Crippen LogP contribution in [0, 0.1) is 5.92 Å². The molecule has 1 aliphatic heterocycles. The van der Waals surface area contributed by atoms with Gasteiger partial charge in [-0.1, -0.05) is 129 Å². The predicted octanol–water partition coefficient (Wildman–Crippen LogP) is 8.66. The molecular formula is C33H25Br2N3. The highest BCUT2D eigenvalue weighted by molar-refractivity contribution is 9.11. The van der Waals surface area contributed by atoms with Gasteiger partial charge in [0.25, 0.3) is 0 Å². The smallest absolute Gasteiger partial charge is 0.150 e. The first-order valence-electron chi connectivity index (χ1n) is 12.6. The van der Waals surface area contributed by atoms with Crippen molar-refractivity contribution < 1.29 is 0 Å². The monoisotopic (exact) mass is 621 g/mol. The average Bonchev–Trinajstić information content (AvgIpc) is 2.97. The van der Waals surface area contributed by atoms with Crippen LogP contribution in [0.25, 0.3) is 16.7 Å². The molecule has 2 atom stereocenters. The summed E-state index contributed by atoms with van der Waals surface area (Å²) in [6.07, 6.45) is 7.41. The molecule has 0 saturated carbocycles. The first kappa shape index (κ1) is 24.8. The van der Waals surface area contributed by atoms with Gasteiger partial charge in [-0.3, -0.25) is 0 Å². The van der Waals surface area contributed by atoms with Crippen LogP contribution in [0.2, 0.25) is 0 Å². The zero-order chi connectivity index (χ0) is 25.9. The summed E-state index contributed by atoms with van der Waals surface area (Å²) in [5.74, 6) is 1.80. The van der Waals surface area contributed by atoms with E-state index in [0.29, 0.717) is 0 Å². The van der Waals surface area contributed by atoms with Gasteiger partial charge in [-0.05, 0) is 52.9 Å². The standard InChI is InChI=1S/C33H25Br2N3/c34-29-19-28(20-30(35)21-29)33-37-31(26-15-7-13-24(17-26)22-9-3-1-4-10-22)36-32(38-33)27-16-8-14-25(18-27)23-11-5-2-6-12-23/h1-15,17-21,27,32H,16H2,(H,36,37,38). The molecule has 1 heterocycles. The lowest BCUT2D eigenvalue weighted by Crippen LogP contribution is -2.39. The lowest BCUT2D eigenvalue weighted by atomic mass is 9.90. The van der Waals surface area contributed by atoms with Gasteiger partial charge in [0.15, 0.2) is 6.17 Å². The van der Waals surface area contributed by atoms with E-state index in [1.165, 1.54) is 16.7 Å². The summed E-state index contributed by atoms with van der Waals surface area (Å²) in [6, 6.07) is 35.7. The van der Waals surface area contributed by atoms with E-state index in [4.69, 9.17) is 9.98 Å². The largest absolute Gasteiger partial charge is 0.324 e. The molecule has 0 saturated heterocycles. The second-order valence-corrected chi connectivity index (χ2v) is 11.2. The van der Waals surface area contributed by atoms with Gasteiger partial charge in [0.2, 0.25) is 0 Å². The van der Waals surface area contributed by atoms with Crippen LogP contribution < -0.4 is 5.32 Å². The number of nitrogens with zero attached hydrogens (tertiary/aromatic N) is 2. The van der Waals surface area contributed by atoms with Gasteiger partial charge in [-0.25, -0.2) is 9.98 Å². The van der Waals surface area contributed by atoms with Crippen LogP contribution in [0.3, 0.4) is 0 Å². The summed E-state index contributed by atoms with van der Waals surface area (Å²) in [6.45, 7) is 0. The van der Waals surface area contributed by atoms with Crippen LogP contribution in [-0.2, 0) is 0 Å². The Morgan fingerprint density at radius 2 is 1.21 bits per heavy atom. The molecule has 1 aliphatic carbocycles. The van der Waals surface area contributed by atoms with Crippen LogP contribution in [-0.4, -0.2) is 17.8 Å². The van der Waals surface area contributed by atoms with Crippen molar-refractivity contribution >= 4 is 49.1 Å². The van der Waals surface area contributed by atoms with E-state index in [0.717, 1.165) is 43.7 Å². The number of aliphatic imine (C=N–C) groups is 2. The number of nitrogens with one attached hydrogen (secondary N) is 1. The van der Waals surface area contributed by atoms with Crippen molar-refractivity contribution in [2.24, 2.45) is 15.9 Å². The lowest BCUT2D eigenvalue weighted by molar-refractivity contribution is 0.518. The molecule has 0 bridgehead atoms. The number of amidine groups is 2. The lowest BCUT2D eigenvalue weighted by Gasteiger charge is -2.27. The predicted molar refractivity (Wildman–Crippen MR) is 165 cm³/mol. The van der Waals surface area contributed by atoms with E-state index in [2.05, 4.69) is 140 Å². The molecule has 38 heavy (non-hydrogen) atoms. The Morgan fingerprint density at radius 3 is 1.92 bits per heavy atom. The normalized spacial score (nSPS) is 18.7. The summed E-state index contributed by atoms with van der Waals surface area (Å²) in [4.78, 5) is 10.3. The Bertz CT molecular complexity index is 1570. The maximum Gasteiger partial charge on any atom is 0.150 e. The van der Waals surface area contributed by atoms with Crippen molar-refractivity contribution in [1.82, 2.24) is 5.32 Å². The van der Waals surface area contributed by atoms with Crippen LogP contribution >= 0.6 is 31.9 Å². The van der Waals surface area contributed by atoms with E-state index in [-0.39, 0.29) is 12.1 Å². The second kappa shape index (κ2) is 11.1. The molecule has 0 radical (unpaired) electrons. The molecular weight excluding hydrogens is 598 g/mol. The van der Waals surface area contributed by atoms with Gasteiger partial charge in [-0.2, -0.15) is 0 Å². The summed E-state index contributed by atoms with van der Waals surface area (Å²) in [7, 11) is 0. The molecule has 1 N–H and O–H groups in total. The second-order valence-electron chi connectivity index (χ2n) is 9.39. The molecule has 5 heteroatoms. The molecule has 0 fully saturated rings. The molecule has 0 aromatic heterocycles. The summed E-state index contributed by atoms with van der Waals surface area (Å²) >= 11 is 7.28. The quantitative estimate of drug-likeness (QED) is 0.238. The van der Waals surface area contributed by atoms with Crippen molar-refractivity contribution in [2.75, 3.05) is 0 Å². The molecule has 186 valence electrons. The van der Waals surface area contributed by atoms with Crippen LogP contribution in [0.4, 0.5) is 0 Å². The molecule has 0 spiro atoms. The molecule has 6 rings (SSSR count). The fourth-order valence-electron chi connectivity index (χ4n) is 4.86. The van der Waals surface area contributed by atoms with Crippen LogP contribution in [0.15, 0.2) is 140 Å². The first-order chi connectivity index (χ1) is 18.6. The number of rotatable bonds is 5. The number of hydrogen-bond acceptors (Lipinski definition) is 3. The highest BCUT2D eigenvalue weighted by atomic mass is 79.9. The average molecular weight is 623 g/mol. The van der Waals surface area contributed by atoms with E-state index in [1.54, 1.807) is 0 Å². The van der Waals surface area contributed by atoms with Gasteiger partial charge < -0.3 is 5.32 Å². The third-order valence-corrected chi connectivity index (χ3v) is 7.64. The van der Waals surface area contributed by atoms with E-state index in [1.807, 2.05) is 18.2 Å². The Morgan fingerprint density at radius 1 is 0.605 bits per heavy atom. The topological polar surface area (TPSA) is 36.8 Å². The molecule has 0 amide bonds. The van der Waals surface area contributed by atoms with Crippen molar-refractivity contribution in [3.05, 3.63) is 147 Å². The molecule has 3 nitrogen and oxygen atoms in total. The van der Waals surface area contributed by atoms with Gasteiger partial charge in [-0.15, -0.1) is 0 Å². The Labute approximate surface area is 240 Å². The van der Waals surface area contributed by atoms with Crippen molar-refractivity contribution in [2.45, 2.75) is 12.6 Å². The van der Waals surface area contributed by atoms with Gasteiger partial charge in [0.05, 0.1) is 0 Å².